The number of carbonyl (C=O) groups is 2. The maximum absolute atomic E-state index is 10.6. The van der Waals surface area contributed by atoms with Gasteiger partial charge in [0.15, 0.2) is 6.61 Å². The summed E-state index contributed by atoms with van der Waals surface area (Å²) in [5.41, 5.74) is 1.24. The zero-order valence-corrected chi connectivity index (χ0v) is 7.34. The van der Waals surface area contributed by atoms with E-state index in [1.807, 2.05) is 0 Å². The van der Waals surface area contributed by atoms with Gasteiger partial charge in [-0.25, -0.2) is 4.79 Å². The van der Waals surface area contributed by atoms with E-state index in [1.54, 1.807) is 0 Å². The first kappa shape index (κ1) is 11.0. The van der Waals surface area contributed by atoms with Crippen LogP contribution in [0.5, 0.6) is 0 Å². The fourth-order valence-corrected chi connectivity index (χ4v) is 0.452. The Kier molecular flexibility index (Phi) is 6.09. The van der Waals surface area contributed by atoms with Crippen LogP contribution in [-0.2, 0) is 19.1 Å². The van der Waals surface area contributed by atoms with Crippen molar-refractivity contribution in [1.82, 2.24) is 0 Å². The van der Waals surface area contributed by atoms with Gasteiger partial charge >= 0.3 is 11.9 Å². The summed E-state index contributed by atoms with van der Waals surface area (Å²) >= 11 is 5.16. The lowest BCUT2D eigenvalue weighted by molar-refractivity contribution is -0.156. The van der Waals surface area contributed by atoms with Gasteiger partial charge < -0.3 is 9.47 Å². The number of rotatable bonds is 4. The molecular formula is C7H9ClO4. The third-order valence-corrected chi connectivity index (χ3v) is 1.00. The lowest BCUT2D eigenvalue weighted by atomic mass is 10.6. The van der Waals surface area contributed by atoms with Gasteiger partial charge in [-0.1, -0.05) is 11.6 Å². The molecule has 0 aliphatic carbocycles. The largest absolute Gasteiger partial charge is 0.459 e. The van der Waals surface area contributed by atoms with Crippen molar-refractivity contribution in [2.75, 3.05) is 13.2 Å². The number of ether oxygens (including phenoxy) is 2. The monoisotopic (exact) mass is 192 g/mol. The Morgan fingerprint density at radius 1 is 1.42 bits per heavy atom. The number of esters is 2. The first-order chi connectivity index (χ1) is 5.66. The fourth-order valence-electron chi connectivity index (χ4n) is 0.380. The van der Waals surface area contributed by atoms with E-state index in [0.29, 0.717) is 0 Å². The second-order valence-corrected chi connectivity index (χ2v) is 2.08. The van der Waals surface area contributed by atoms with Gasteiger partial charge in [0.05, 0.1) is 0 Å². The van der Waals surface area contributed by atoms with Gasteiger partial charge in [0.25, 0.3) is 0 Å². The minimum atomic E-state index is -0.597. The molecule has 4 nitrogen and oxygen atoms in total. The van der Waals surface area contributed by atoms with Gasteiger partial charge in [-0.2, -0.15) is 0 Å². The molecule has 0 heterocycles. The van der Waals surface area contributed by atoms with Crippen molar-refractivity contribution >= 4 is 23.5 Å². The van der Waals surface area contributed by atoms with Gasteiger partial charge in [0.2, 0.25) is 0 Å². The molecular weight excluding hydrogens is 184 g/mol. The predicted octanol–water partition coefficient (Wildman–Crippen LogP) is 0.845. The van der Waals surface area contributed by atoms with Crippen molar-refractivity contribution in [2.45, 2.75) is 6.92 Å². The van der Waals surface area contributed by atoms with Crippen molar-refractivity contribution in [2.24, 2.45) is 0 Å². The number of carbonyl (C=O) groups excluding carboxylic acids is 2. The van der Waals surface area contributed by atoms with Gasteiger partial charge in [-0.3, -0.25) is 4.79 Å². The number of hydrogen-bond acceptors (Lipinski definition) is 4. The molecule has 0 saturated carbocycles. The van der Waals surface area contributed by atoms with E-state index in [4.69, 9.17) is 11.6 Å². The zero-order valence-electron chi connectivity index (χ0n) is 6.58. The molecule has 0 spiro atoms. The molecule has 0 N–H and O–H groups in total. The van der Waals surface area contributed by atoms with Gasteiger partial charge in [0, 0.05) is 12.5 Å². The smallest absolute Gasteiger partial charge is 0.344 e. The van der Waals surface area contributed by atoms with E-state index >= 15 is 0 Å². The molecule has 0 aliphatic heterocycles. The molecule has 0 aromatic rings. The SMILES string of the molecule is CC(=O)OCC(=O)OC/C=C/Cl. The van der Waals surface area contributed by atoms with Crippen molar-refractivity contribution in [3.8, 4) is 0 Å². The lowest BCUT2D eigenvalue weighted by Crippen LogP contribution is -2.14. The summed E-state index contributed by atoms with van der Waals surface area (Å²) in [6.45, 7) is 0.945. The molecule has 0 amide bonds. The first-order valence-corrected chi connectivity index (χ1v) is 3.64. The third-order valence-electron chi connectivity index (χ3n) is 0.823. The second kappa shape index (κ2) is 6.67. The molecule has 12 heavy (non-hydrogen) atoms. The molecule has 0 aliphatic rings. The van der Waals surface area contributed by atoms with E-state index in [2.05, 4.69) is 9.47 Å². The molecule has 0 radical (unpaired) electrons. The van der Waals surface area contributed by atoms with Crippen LogP contribution in [0.25, 0.3) is 0 Å². The second-order valence-electron chi connectivity index (χ2n) is 1.82. The minimum Gasteiger partial charge on any atom is -0.459 e. The van der Waals surface area contributed by atoms with Crippen molar-refractivity contribution in [3.05, 3.63) is 11.6 Å². The van der Waals surface area contributed by atoms with Crippen LogP contribution in [0.1, 0.15) is 6.92 Å². The Morgan fingerprint density at radius 3 is 2.58 bits per heavy atom. The van der Waals surface area contributed by atoms with E-state index in [0.717, 1.165) is 0 Å². The summed E-state index contributed by atoms with van der Waals surface area (Å²) in [6.07, 6.45) is 1.45. The fraction of sp³-hybridized carbons (Fsp3) is 0.429. The Bertz CT molecular complexity index is 188. The normalized spacial score (nSPS) is 9.83. The number of halogens is 1. The van der Waals surface area contributed by atoms with Crippen LogP contribution in [0.15, 0.2) is 11.6 Å². The minimum absolute atomic E-state index is 0.0869. The van der Waals surface area contributed by atoms with Gasteiger partial charge in [0.1, 0.15) is 6.61 Å². The summed E-state index contributed by atoms with van der Waals surface area (Å²) in [5.74, 6) is -1.11. The summed E-state index contributed by atoms with van der Waals surface area (Å²) in [5, 5.41) is 0. The van der Waals surface area contributed by atoms with Crippen LogP contribution in [0.3, 0.4) is 0 Å². The maximum Gasteiger partial charge on any atom is 0.344 e. The average molecular weight is 193 g/mol. The predicted molar refractivity (Wildman–Crippen MR) is 42.6 cm³/mol. The van der Waals surface area contributed by atoms with E-state index in [9.17, 15) is 9.59 Å². The quantitative estimate of drug-likeness (QED) is 0.620. The van der Waals surface area contributed by atoms with E-state index in [-0.39, 0.29) is 13.2 Å². The van der Waals surface area contributed by atoms with Crippen LogP contribution in [-0.4, -0.2) is 25.2 Å². The van der Waals surface area contributed by atoms with Crippen LogP contribution >= 0.6 is 11.6 Å². The molecule has 0 aromatic carbocycles. The standard InChI is InChI=1S/C7H9ClO4/c1-6(9)12-5-7(10)11-4-2-3-8/h2-3H,4-5H2,1H3/b3-2+. The maximum atomic E-state index is 10.6. The molecule has 0 aromatic heterocycles. The molecule has 0 bridgehead atoms. The molecule has 68 valence electrons. The Labute approximate surface area is 75.1 Å². The van der Waals surface area contributed by atoms with E-state index < -0.39 is 11.9 Å². The molecule has 0 saturated heterocycles. The molecule has 5 heteroatoms. The van der Waals surface area contributed by atoms with Crippen molar-refractivity contribution < 1.29 is 19.1 Å². The van der Waals surface area contributed by atoms with E-state index in [1.165, 1.54) is 18.5 Å². The topological polar surface area (TPSA) is 52.6 Å². The molecule has 0 rings (SSSR count). The molecule has 0 unspecified atom stereocenters. The summed E-state index contributed by atoms with van der Waals surface area (Å²) in [6, 6.07) is 0. The van der Waals surface area contributed by atoms with Crippen LogP contribution in [0, 0.1) is 0 Å². The Hall–Kier alpha value is -1.03. The Morgan fingerprint density at radius 2 is 2.08 bits per heavy atom. The molecule has 0 fully saturated rings. The van der Waals surface area contributed by atoms with Gasteiger partial charge in [-0.15, -0.1) is 0 Å². The average Bonchev–Trinajstić information content (AvgIpc) is 2.01. The Balaban J connectivity index is 3.40. The van der Waals surface area contributed by atoms with Gasteiger partial charge in [-0.05, 0) is 6.08 Å². The van der Waals surface area contributed by atoms with Crippen molar-refractivity contribution in [3.63, 3.8) is 0 Å². The first-order valence-electron chi connectivity index (χ1n) is 3.21. The highest BCUT2D eigenvalue weighted by Crippen LogP contribution is 1.85. The zero-order chi connectivity index (χ0) is 9.40. The lowest BCUT2D eigenvalue weighted by Gasteiger charge is -2.00. The van der Waals surface area contributed by atoms with Crippen LogP contribution in [0.4, 0.5) is 0 Å². The van der Waals surface area contributed by atoms with Crippen LogP contribution in [0.2, 0.25) is 0 Å². The highest BCUT2D eigenvalue weighted by Gasteiger charge is 2.02. The van der Waals surface area contributed by atoms with Crippen LogP contribution < -0.4 is 0 Å². The summed E-state index contributed by atoms with van der Waals surface area (Å²) < 4.78 is 8.91. The third kappa shape index (κ3) is 7.08. The molecule has 0 atom stereocenters. The summed E-state index contributed by atoms with van der Waals surface area (Å²) in [4.78, 5) is 20.9. The van der Waals surface area contributed by atoms with Crippen molar-refractivity contribution in [1.29, 1.82) is 0 Å². The highest BCUT2D eigenvalue weighted by atomic mass is 35.5. The summed E-state index contributed by atoms with van der Waals surface area (Å²) in [7, 11) is 0. The highest BCUT2D eigenvalue weighted by molar-refractivity contribution is 6.25. The number of hydrogen-bond donors (Lipinski definition) is 0.